The number of anilines is 1. The molecule has 1 amide bonds. The molecule has 0 atom stereocenters. The van der Waals surface area contributed by atoms with Gasteiger partial charge in [0.2, 0.25) is 0 Å². The Labute approximate surface area is 166 Å². The maximum absolute atomic E-state index is 12.0. The fraction of sp³-hybridized carbons (Fsp3) is 0.200. The van der Waals surface area contributed by atoms with Crippen LogP contribution in [0.2, 0.25) is 5.02 Å². The van der Waals surface area contributed by atoms with Gasteiger partial charge < -0.3 is 9.47 Å². The van der Waals surface area contributed by atoms with Crippen LogP contribution in [0.3, 0.4) is 0 Å². The molecule has 7 heteroatoms. The van der Waals surface area contributed by atoms with Gasteiger partial charge in [-0.1, -0.05) is 24.6 Å². The molecule has 3 aromatic rings. The first-order valence-electron chi connectivity index (χ1n) is 8.51. The van der Waals surface area contributed by atoms with Crippen molar-refractivity contribution in [3.05, 3.63) is 58.9 Å². The van der Waals surface area contributed by atoms with Crippen LogP contribution in [0.5, 0.6) is 11.5 Å². The number of thiazole rings is 1. The Hall–Kier alpha value is -2.57. The Morgan fingerprint density at radius 3 is 2.70 bits per heavy atom. The first-order valence-corrected chi connectivity index (χ1v) is 9.77. The normalized spacial score (nSPS) is 10.4. The number of benzene rings is 2. The zero-order chi connectivity index (χ0) is 19.1. The highest BCUT2D eigenvalue weighted by Gasteiger charge is 2.09. The average Bonchev–Trinajstić information content (AvgIpc) is 3.13. The molecule has 2 aromatic carbocycles. The zero-order valence-corrected chi connectivity index (χ0v) is 16.3. The van der Waals surface area contributed by atoms with E-state index in [1.54, 1.807) is 24.3 Å². The maximum atomic E-state index is 12.0. The standard InChI is InChI=1S/C20H19ClN2O3S/c1-2-10-25-16-8-6-14(7-9-16)18-13-27-20(22-18)23-19(24)12-26-17-5-3-4-15(21)11-17/h3-9,11,13H,2,10,12H2,1H3,(H,22,23,24). The third-order valence-electron chi connectivity index (χ3n) is 3.54. The third kappa shape index (κ3) is 5.70. The van der Waals surface area contributed by atoms with Gasteiger partial charge in [-0.2, -0.15) is 0 Å². The largest absolute Gasteiger partial charge is 0.494 e. The van der Waals surface area contributed by atoms with Gasteiger partial charge in [0.25, 0.3) is 5.91 Å². The lowest BCUT2D eigenvalue weighted by Crippen LogP contribution is -2.20. The fourth-order valence-corrected chi connectivity index (χ4v) is 3.18. The zero-order valence-electron chi connectivity index (χ0n) is 14.8. The molecule has 140 valence electrons. The molecule has 1 heterocycles. The van der Waals surface area contributed by atoms with Crippen molar-refractivity contribution in [2.45, 2.75) is 13.3 Å². The van der Waals surface area contributed by atoms with Gasteiger partial charge in [-0.25, -0.2) is 4.98 Å². The second-order valence-electron chi connectivity index (χ2n) is 5.70. The summed E-state index contributed by atoms with van der Waals surface area (Å²) in [7, 11) is 0. The Kier molecular flexibility index (Phi) is 6.68. The molecule has 0 unspecified atom stereocenters. The summed E-state index contributed by atoms with van der Waals surface area (Å²) in [4.78, 5) is 16.5. The summed E-state index contributed by atoms with van der Waals surface area (Å²) in [6.45, 7) is 2.65. The van der Waals surface area contributed by atoms with Gasteiger partial charge in [0.15, 0.2) is 11.7 Å². The number of hydrogen-bond acceptors (Lipinski definition) is 5. The summed E-state index contributed by atoms with van der Waals surface area (Å²) < 4.78 is 11.0. The summed E-state index contributed by atoms with van der Waals surface area (Å²) in [5.41, 5.74) is 1.76. The van der Waals surface area contributed by atoms with Gasteiger partial charge >= 0.3 is 0 Å². The van der Waals surface area contributed by atoms with Crippen LogP contribution in [0, 0.1) is 0 Å². The number of amides is 1. The van der Waals surface area contributed by atoms with Gasteiger partial charge in [-0.05, 0) is 48.9 Å². The van der Waals surface area contributed by atoms with Crippen molar-refractivity contribution >= 4 is 34.0 Å². The van der Waals surface area contributed by atoms with E-state index in [4.69, 9.17) is 21.1 Å². The van der Waals surface area contributed by atoms with E-state index < -0.39 is 0 Å². The number of halogens is 1. The molecule has 0 aliphatic rings. The minimum absolute atomic E-state index is 0.112. The van der Waals surface area contributed by atoms with Crippen molar-refractivity contribution in [2.24, 2.45) is 0 Å². The topological polar surface area (TPSA) is 60.5 Å². The van der Waals surface area contributed by atoms with E-state index in [0.29, 0.717) is 22.5 Å². The molecule has 0 aliphatic carbocycles. The summed E-state index contributed by atoms with van der Waals surface area (Å²) in [6.07, 6.45) is 0.970. The number of nitrogens with zero attached hydrogens (tertiary/aromatic N) is 1. The van der Waals surface area contributed by atoms with E-state index in [1.165, 1.54) is 11.3 Å². The summed E-state index contributed by atoms with van der Waals surface area (Å²) in [5.74, 6) is 1.10. The summed E-state index contributed by atoms with van der Waals surface area (Å²) in [5, 5.41) is 5.72. The summed E-state index contributed by atoms with van der Waals surface area (Å²) >= 11 is 7.25. The lowest BCUT2D eigenvalue weighted by atomic mass is 10.2. The molecule has 0 saturated carbocycles. The van der Waals surface area contributed by atoms with E-state index in [2.05, 4.69) is 17.2 Å². The molecular formula is C20H19ClN2O3S. The molecule has 1 aromatic heterocycles. The maximum Gasteiger partial charge on any atom is 0.264 e. The number of hydrogen-bond donors (Lipinski definition) is 1. The number of aromatic nitrogens is 1. The van der Waals surface area contributed by atoms with Crippen molar-refractivity contribution in [2.75, 3.05) is 18.5 Å². The molecular weight excluding hydrogens is 384 g/mol. The van der Waals surface area contributed by atoms with Gasteiger partial charge in [0.1, 0.15) is 11.5 Å². The Balaban J connectivity index is 1.54. The van der Waals surface area contributed by atoms with E-state index in [1.807, 2.05) is 29.6 Å². The highest BCUT2D eigenvalue weighted by atomic mass is 35.5. The molecule has 0 saturated heterocycles. The van der Waals surface area contributed by atoms with E-state index in [0.717, 1.165) is 23.4 Å². The second kappa shape index (κ2) is 9.39. The lowest BCUT2D eigenvalue weighted by Gasteiger charge is -2.06. The highest BCUT2D eigenvalue weighted by Crippen LogP contribution is 2.26. The van der Waals surface area contributed by atoms with E-state index in [9.17, 15) is 4.79 Å². The average molecular weight is 403 g/mol. The van der Waals surface area contributed by atoms with Crippen LogP contribution in [0.15, 0.2) is 53.9 Å². The molecule has 27 heavy (non-hydrogen) atoms. The first kappa shape index (κ1) is 19.2. The van der Waals surface area contributed by atoms with Crippen molar-refractivity contribution in [1.82, 2.24) is 4.98 Å². The van der Waals surface area contributed by atoms with Crippen LogP contribution >= 0.6 is 22.9 Å². The SMILES string of the molecule is CCCOc1ccc(-c2csc(NC(=O)COc3cccc(Cl)c3)n2)cc1. The Morgan fingerprint density at radius 2 is 1.96 bits per heavy atom. The lowest BCUT2D eigenvalue weighted by molar-refractivity contribution is -0.118. The molecule has 0 aliphatic heterocycles. The third-order valence-corrected chi connectivity index (χ3v) is 4.53. The molecule has 0 bridgehead atoms. The first-order chi connectivity index (χ1) is 13.1. The number of carbonyl (C=O) groups is 1. The van der Waals surface area contributed by atoms with Crippen LogP contribution in [0.1, 0.15) is 13.3 Å². The van der Waals surface area contributed by atoms with Crippen LogP contribution < -0.4 is 14.8 Å². The predicted octanol–water partition coefficient (Wildman–Crippen LogP) is 5.27. The minimum atomic E-state index is -0.279. The van der Waals surface area contributed by atoms with Crippen LogP contribution in [0.25, 0.3) is 11.3 Å². The highest BCUT2D eigenvalue weighted by molar-refractivity contribution is 7.14. The smallest absolute Gasteiger partial charge is 0.264 e. The van der Waals surface area contributed by atoms with Crippen LogP contribution in [-0.2, 0) is 4.79 Å². The molecule has 0 radical (unpaired) electrons. The van der Waals surface area contributed by atoms with Crippen molar-refractivity contribution < 1.29 is 14.3 Å². The quantitative estimate of drug-likeness (QED) is 0.557. The second-order valence-corrected chi connectivity index (χ2v) is 7.00. The molecule has 0 fully saturated rings. The Morgan fingerprint density at radius 1 is 1.15 bits per heavy atom. The molecule has 5 nitrogen and oxygen atoms in total. The molecule has 1 N–H and O–H groups in total. The van der Waals surface area contributed by atoms with Crippen molar-refractivity contribution in [1.29, 1.82) is 0 Å². The number of carbonyl (C=O) groups excluding carboxylic acids is 1. The molecule has 3 rings (SSSR count). The van der Waals surface area contributed by atoms with Crippen LogP contribution in [-0.4, -0.2) is 24.1 Å². The Bertz CT molecular complexity index is 896. The molecule has 0 spiro atoms. The van der Waals surface area contributed by atoms with Crippen LogP contribution in [0.4, 0.5) is 5.13 Å². The van der Waals surface area contributed by atoms with Gasteiger partial charge in [-0.3, -0.25) is 10.1 Å². The minimum Gasteiger partial charge on any atom is -0.494 e. The van der Waals surface area contributed by atoms with E-state index in [-0.39, 0.29) is 12.5 Å². The number of ether oxygens (including phenoxy) is 2. The predicted molar refractivity (Wildman–Crippen MR) is 109 cm³/mol. The summed E-state index contributed by atoms with van der Waals surface area (Å²) in [6, 6.07) is 14.7. The number of rotatable bonds is 8. The van der Waals surface area contributed by atoms with Gasteiger partial charge in [0.05, 0.1) is 12.3 Å². The van der Waals surface area contributed by atoms with Gasteiger partial charge in [0, 0.05) is 16.0 Å². The monoisotopic (exact) mass is 402 g/mol. The van der Waals surface area contributed by atoms with Crippen molar-refractivity contribution in [3.63, 3.8) is 0 Å². The van der Waals surface area contributed by atoms with Gasteiger partial charge in [-0.15, -0.1) is 11.3 Å². The fourth-order valence-electron chi connectivity index (χ4n) is 2.27. The van der Waals surface area contributed by atoms with E-state index >= 15 is 0 Å². The number of nitrogens with one attached hydrogen (secondary N) is 1. The van der Waals surface area contributed by atoms with Crippen molar-refractivity contribution in [3.8, 4) is 22.8 Å².